The maximum absolute atomic E-state index is 12.9. The van der Waals surface area contributed by atoms with Crippen LogP contribution in [0.1, 0.15) is 64.6 Å². The molecule has 0 bridgehead atoms. The minimum absolute atomic E-state index is 0.00212. The SMILES string of the molecule is COc1ccc(C(CNC(=O)CCc2c(C)nc3c(C(N)=O)cnn3c2C)N2CCCCC2)cc1. The molecule has 2 amide bonds. The second kappa shape index (κ2) is 10.9. The number of piperidine rings is 1. The Morgan fingerprint density at radius 3 is 2.51 bits per heavy atom. The molecule has 1 aliphatic rings. The number of benzene rings is 1. The maximum Gasteiger partial charge on any atom is 0.254 e. The van der Waals surface area contributed by atoms with Gasteiger partial charge in [-0.05, 0) is 69.5 Å². The number of aromatic nitrogens is 3. The number of aryl methyl sites for hydroxylation is 2. The van der Waals surface area contributed by atoms with E-state index >= 15 is 0 Å². The normalized spacial score (nSPS) is 15.2. The molecule has 3 aromatic rings. The largest absolute Gasteiger partial charge is 0.497 e. The van der Waals surface area contributed by atoms with E-state index in [0.717, 1.165) is 35.8 Å². The summed E-state index contributed by atoms with van der Waals surface area (Å²) in [6.45, 7) is 6.43. The number of nitrogens with zero attached hydrogens (tertiary/aromatic N) is 4. The van der Waals surface area contributed by atoms with E-state index in [-0.39, 0.29) is 11.9 Å². The van der Waals surface area contributed by atoms with Crippen molar-refractivity contribution in [3.63, 3.8) is 0 Å². The van der Waals surface area contributed by atoms with Gasteiger partial charge in [0.15, 0.2) is 5.65 Å². The molecule has 1 unspecified atom stereocenters. The van der Waals surface area contributed by atoms with Gasteiger partial charge in [-0.25, -0.2) is 9.50 Å². The first-order chi connectivity index (χ1) is 16.9. The van der Waals surface area contributed by atoms with Gasteiger partial charge in [0, 0.05) is 24.4 Å². The molecule has 4 rings (SSSR count). The Hall–Kier alpha value is -3.46. The summed E-state index contributed by atoms with van der Waals surface area (Å²) in [7, 11) is 1.66. The van der Waals surface area contributed by atoms with E-state index in [2.05, 4.69) is 32.4 Å². The van der Waals surface area contributed by atoms with E-state index in [0.29, 0.717) is 30.6 Å². The highest BCUT2D eigenvalue weighted by molar-refractivity contribution is 5.98. The average Bonchev–Trinajstić information content (AvgIpc) is 3.29. The lowest BCUT2D eigenvalue weighted by Crippen LogP contribution is -2.40. The Kier molecular flexibility index (Phi) is 7.65. The van der Waals surface area contributed by atoms with Crippen LogP contribution in [0.15, 0.2) is 30.5 Å². The van der Waals surface area contributed by atoms with Gasteiger partial charge in [-0.15, -0.1) is 0 Å². The van der Waals surface area contributed by atoms with Gasteiger partial charge in [-0.1, -0.05) is 18.6 Å². The molecule has 9 nitrogen and oxygen atoms in total. The summed E-state index contributed by atoms with van der Waals surface area (Å²) < 4.78 is 6.93. The van der Waals surface area contributed by atoms with E-state index in [1.165, 1.54) is 31.0 Å². The zero-order valence-electron chi connectivity index (χ0n) is 20.7. The van der Waals surface area contributed by atoms with Crippen LogP contribution in [0.2, 0.25) is 0 Å². The number of carbonyl (C=O) groups is 2. The molecular formula is C26H34N6O3. The van der Waals surface area contributed by atoms with E-state index in [4.69, 9.17) is 10.5 Å². The topological polar surface area (TPSA) is 115 Å². The maximum atomic E-state index is 12.9. The molecule has 1 aromatic carbocycles. The third-order valence-electron chi connectivity index (χ3n) is 6.90. The second-order valence-electron chi connectivity index (χ2n) is 9.11. The third kappa shape index (κ3) is 5.45. The first-order valence-electron chi connectivity index (χ1n) is 12.2. The Balaban J connectivity index is 1.43. The second-order valence-corrected chi connectivity index (χ2v) is 9.11. The summed E-state index contributed by atoms with van der Waals surface area (Å²) in [5, 5.41) is 7.42. The molecule has 9 heteroatoms. The molecule has 3 N–H and O–H groups in total. The van der Waals surface area contributed by atoms with E-state index in [1.54, 1.807) is 11.6 Å². The molecule has 1 atom stereocenters. The first kappa shape index (κ1) is 24.7. The molecular weight excluding hydrogens is 444 g/mol. The predicted octanol–water partition coefficient (Wildman–Crippen LogP) is 2.73. The fourth-order valence-electron chi connectivity index (χ4n) is 4.90. The molecule has 0 spiro atoms. The summed E-state index contributed by atoms with van der Waals surface area (Å²) >= 11 is 0. The van der Waals surface area contributed by atoms with Gasteiger partial charge in [0.1, 0.15) is 11.3 Å². The van der Waals surface area contributed by atoms with Gasteiger partial charge in [-0.3, -0.25) is 14.5 Å². The molecule has 1 saturated heterocycles. The summed E-state index contributed by atoms with van der Waals surface area (Å²) in [6, 6.07) is 8.25. The van der Waals surface area contributed by atoms with Crippen molar-refractivity contribution in [2.75, 3.05) is 26.7 Å². The number of likely N-dealkylation sites (tertiary alicyclic amines) is 1. The Labute approximate surface area is 205 Å². The molecule has 35 heavy (non-hydrogen) atoms. The van der Waals surface area contributed by atoms with Gasteiger partial charge in [0.05, 0.1) is 19.3 Å². The number of primary amides is 1. The van der Waals surface area contributed by atoms with E-state index in [9.17, 15) is 9.59 Å². The van der Waals surface area contributed by atoms with Crippen molar-refractivity contribution >= 4 is 17.5 Å². The Morgan fingerprint density at radius 1 is 1.14 bits per heavy atom. The highest BCUT2D eigenvalue weighted by Gasteiger charge is 2.23. The van der Waals surface area contributed by atoms with Crippen molar-refractivity contribution in [3.05, 3.63) is 58.5 Å². The van der Waals surface area contributed by atoms with Crippen molar-refractivity contribution < 1.29 is 14.3 Å². The van der Waals surface area contributed by atoms with Gasteiger partial charge >= 0.3 is 0 Å². The standard InChI is InChI=1S/C26H34N6O3/c1-17-21(18(2)32-26(30-17)22(15-29-32)25(27)34)11-12-24(33)28-16-23(31-13-5-4-6-14-31)19-7-9-20(35-3)10-8-19/h7-10,15,23H,4-6,11-14,16H2,1-3H3,(H2,27,34)(H,28,33). The molecule has 186 valence electrons. The summed E-state index contributed by atoms with van der Waals surface area (Å²) in [5.41, 5.74) is 9.94. The van der Waals surface area contributed by atoms with Gasteiger partial charge in [0.2, 0.25) is 5.91 Å². The molecule has 1 fully saturated rings. The van der Waals surface area contributed by atoms with Gasteiger partial charge in [-0.2, -0.15) is 5.10 Å². The number of carbonyl (C=O) groups excluding carboxylic acids is 2. The quantitative estimate of drug-likeness (QED) is 0.489. The van der Waals surface area contributed by atoms with Crippen LogP contribution < -0.4 is 15.8 Å². The number of rotatable bonds is 9. The zero-order chi connectivity index (χ0) is 24.9. The highest BCUT2D eigenvalue weighted by Crippen LogP contribution is 2.26. The summed E-state index contributed by atoms with van der Waals surface area (Å²) in [4.78, 5) is 31.5. The highest BCUT2D eigenvalue weighted by atomic mass is 16.5. The molecule has 0 radical (unpaired) electrons. The smallest absolute Gasteiger partial charge is 0.254 e. The van der Waals surface area contributed by atoms with Crippen molar-refractivity contribution in [1.82, 2.24) is 24.8 Å². The number of ether oxygens (including phenoxy) is 1. The van der Waals surface area contributed by atoms with E-state index < -0.39 is 5.91 Å². The lowest BCUT2D eigenvalue weighted by molar-refractivity contribution is -0.121. The number of nitrogens with one attached hydrogen (secondary N) is 1. The molecule has 1 aliphatic heterocycles. The number of hydrogen-bond donors (Lipinski definition) is 2. The number of hydrogen-bond acceptors (Lipinski definition) is 6. The van der Waals surface area contributed by atoms with Crippen LogP contribution in [0, 0.1) is 13.8 Å². The van der Waals surface area contributed by atoms with Crippen LogP contribution in [0.3, 0.4) is 0 Å². The number of nitrogens with two attached hydrogens (primary N) is 1. The molecule has 0 saturated carbocycles. The minimum atomic E-state index is -0.557. The van der Waals surface area contributed by atoms with Crippen molar-refractivity contribution in [2.24, 2.45) is 5.73 Å². The minimum Gasteiger partial charge on any atom is -0.497 e. The molecule has 0 aliphatic carbocycles. The van der Waals surface area contributed by atoms with Crippen LogP contribution in [0.25, 0.3) is 5.65 Å². The lowest BCUT2D eigenvalue weighted by atomic mass is 10.0. The Bertz CT molecular complexity index is 1200. The van der Waals surface area contributed by atoms with Crippen molar-refractivity contribution in [1.29, 1.82) is 0 Å². The van der Waals surface area contributed by atoms with Gasteiger partial charge in [0.25, 0.3) is 5.91 Å². The lowest BCUT2D eigenvalue weighted by Gasteiger charge is -2.35. The Morgan fingerprint density at radius 2 is 1.86 bits per heavy atom. The number of methoxy groups -OCH3 is 1. The van der Waals surface area contributed by atoms with Crippen LogP contribution in [0.5, 0.6) is 5.75 Å². The van der Waals surface area contributed by atoms with Crippen LogP contribution in [-0.4, -0.2) is 58.1 Å². The average molecular weight is 479 g/mol. The van der Waals surface area contributed by atoms with Gasteiger partial charge < -0.3 is 15.8 Å². The molecule has 2 aromatic heterocycles. The summed E-state index contributed by atoms with van der Waals surface area (Å²) in [6.07, 6.45) is 5.93. The fourth-order valence-corrected chi connectivity index (χ4v) is 4.90. The fraction of sp³-hybridized carbons (Fsp3) is 0.462. The monoisotopic (exact) mass is 478 g/mol. The first-order valence-corrected chi connectivity index (χ1v) is 12.2. The van der Waals surface area contributed by atoms with E-state index in [1.807, 2.05) is 26.0 Å². The van der Waals surface area contributed by atoms with Crippen molar-refractivity contribution in [3.8, 4) is 5.75 Å². The number of amides is 2. The number of fused-ring (bicyclic) bond motifs is 1. The van der Waals surface area contributed by atoms with Crippen LogP contribution >= 0.6 is 0 Å². The predicted molar refractivity (Wildman–Crippen MR) is 133 cm³/mol. The van der Waals surface area contributed by atoms with Crippen LogP contribution in [-0.2, 0) is 11.2 Å². The zero-order valence-corrected chi connectivity index (χ0v) is 20.7. The third-order valence-corrected chi connectivity index (χ3v) is 6.90. The van der Waals surface area contributed by atoms with Crippen molar-refractivity contribution in [2.45, 2.75) is 52.0 Å². The van der Waals surface area contributed by atoms with Crippen LogP contribution in [0.4, 0.5) is 0 Å². The summed E-state index contributed by atoms with van der Waals surface area (Å²) in [5.74, 6) is 0.267. The molecule has 3 heterocycles.